The van der Waals surface area contributed by atoms with Crippen molar-refractivity contribution in [3.63, 3.8) is 0 Å². The molecule has 6 nitrogen and oxygen atoms in total. The van der Waals surface area contributed by atoms with E-state index in [9.17, 15) is 9.59 Å². The number of carbonyl (C=O) groups is 1. The number of rotatable bonds is 6. The lowest BCUT2D eigenvalue weighted by Crippen LogP contribution is -2.15. The molecule has 0 aliphatic carbocycles. The first kappa shape index (κ1) is 22.1. The second-order valence-electron chi connectivity index (χ2n) is 8.07. The molecule has 2 heterocycles. The van der Waals surface area contributed by atoms with Gasteiger partial charge in [0.25, 0.3) is 5.91 Å². The lowest BCUT2D eigenvalue weighted by molar-refractivity contribution is 0.102. The first-order valence-corrected chi connectivity index (χ1v) is 11.1. The molecule has 5 rings (SSSR count). The molecule has 172 valence electrons. The summed E-state index contributed by atoms with van der Waals surface area (Å²) in [7, 11) is 0. The zero-order valence-electron chi connectivity index (χ0n) is 19.0. The minimum Gasteiger partial charge on any atom is -0.489 e. The van der Waals surface area contributed by atoms with Crippen LogP contribution in [0.5, 0.6) is 5.75 Å². The van der Waals surface area contributed by atoms with Gasteiger partial charge in [-0.1, -0.05) is 48.5 Å². The molecular formula is C29H22N2O4. The Kier molecular flexibility index (Phi) is 6.09. The molecule has 1 N–H and O–H groups in total. The second-order valence-corrected chi connectivity index (χ2v) is 8.07. The van der Waals surface area contributed by atoms with Gasteiger partial charge in [-0.25, -0.2) is 0 Å². The maximum Gasteiger partial charge on any atom is 0.259 e. The molecule has 6 heteroatoms. The summed E-state index contributed by atoms with van der Waals surface area (Å²) in [5.74, 6) is 0.679. The predicted octanol–water partition coefficient (Wildman–Crippen LogP) is 5.99. The lowest BCUT2D eigenvalue weighted by Gasteiger charge is -2.12. The number of hydrogen-bond donors (Lipinski definition) is 1. The number of hydrogen-bond acceptors (Lipinski definition) is 5. The molecule has 2 aromatic heterocycles. The molecule has 0 aliphatic rings. The summed E-state index contributed by atoms with van der Waals surface area (Å²) in [4.78, 5) is 30.4. The van der Waals surface area contributed by atoms with Gasteiger partial charge in [-0.15, -0.1) is 0 Å². The highest BCUT2D eigenvalue weighted by molar-refractivity contribution is 6.11. The van der Waals surface area contributed by atoms with Crippen molar-refractivity contribution in [1.29, 1.82) is 0 Å². The van der Waals surface area contributed by atoms with E-state index in [0.717, 1.165) is 11.1 Å². The van der Waals surface area contributed by atoms with Crippen molar-refractivity contribution in [1.82, 2.24) is 4.98 Å². The first-order valence-electron chi connectivity index (χ1n) is 11.1. The Morgan fingerprint density at radius 3 is 2.60 bits per heavy atom. The van der Waals surface area contributed by atoms with Crippen LogP contribution < -0.4 is 15.5 Å². The zero-order chi connectivity index (χ0) is 24.2. The van der Waals surface area contributed by atoms with Gasteiger partial charge >= 0.3 is 0 Å². The number of nitrogens with zero attached hydrogens (tertiary/aromatic N) is 1. The molecule has 0 bridgehead atoms. The number of benzene rings is 3. The Morgan fingerprint density at radius 2 is 1.80 bits per heavy atom. The van der Waals surface area contributed by atoms with E-state index in [-0.39, 0.29) is 22.5 Å². The van der Waals surface area contributed by atoms with E-state index in [1.807, 2.05) is 48.5 Å². The Hall–Kier alpha value is -4.71. The van der Waals surface area contributed by atoms with Crippen LogP contribution in [-0.4, -0.2) is 10.9 Å². The third-order valence-electron chi connectivity index (χ3n) is 5.65. The molecule has 5 aromatic rings. The van der Waals surface area contributed by atoms with E-state index < -0.39 is 0 Å². The maximum absolute atomic E-state index is 13.2. The number of fused-ring (bicyclic) bond motifs is 1. The number of para-hydroxylation sites is 1. The summed E-state index contributed by atoms with van der Waals surface area (Å²) >= 11 is 0. The molecule has 0 radical (unpaired) electrons. The molecule has 0 aliphatic heterocycles. The lowest BCUT2D eigenvalue weighted by atomic mass is 10.0. The molecule has 3 aromatic carbocycles. The van der Waals surface area contributed by atoms with E-state index >= 15 is 0 Å². The van der Waals surface area contributed by atoms with Crippen molar-refractivity contribution in [2.75, 3.05) is 5.32 Å². The van der Waals surface area contributed by atoms with Gasteiger partial charge in [-0.05, 0) is 37.3 Å². The average molecular weight is 463 g/mol. The predicted molar refractivity (Wildman–Crippen MR) is 136 cm³/mol. The molecular weight excluding hydrogens is 440 g/mol. The van der Waals surface area contributed by atoms with Crippen molar-refractivity contribution in [3.05, 3.63) is 124 Å². The molecule has 0 spiro atoms. The van der Waals surface area contributed by atoms with Crippen LogP contribution in [0.2, 0.25) is 0 Å². The first-order chi connectivity index (χ1) is 17.1. The number of carbonyl (C=O) groups excluding carboxylic acids is 1. The highest BCUT2D eigenvalue weighted by Crippen LogP contribution is 2.28. The van der Waals surface area contributed by atoms with Crippen molar-refractivity contribution < 1.29 is 13.9 Å². The van der Waals surface area contributed by atoms with Gasteiger partial charge in [0.05, 0.1) is 10.9 Å². The minimum absolute atomic E-state index is 0.162. The summed E-state index contributed by atoms with van der Waals surface area (Å²) in [5.41, 5.74) is 3.15. The molecule has 1 amide bonds. The minimum atomic E-state index is -0.383. The van der Waals surface area contributed by atoms with Crippen LogP contribution in [0.25, 0.3) is 22.3 Å². The number of pyridine rings is 1. The zero-order valence-corrected chi connectivity index (χ0v) is 19.0. The van der Waals surface area contributed by atoms with Gasteiger partial charge in [-0.2, -0.15) is 0 Å². The van der Waals surface area contributed by atoms with E-state index in [2.05, 4.69) is 10.3 Å². The maximum atomic E-state index is 13.2. The quantitative estimate of drug-likeness (QED) is 0.335. The van der Waals surface area contributed by atoms with Crippen LogP contribution in [0.3, 0.4) is 0 Å². The van der Waals surface area contributed by atoms with Gasteiger partial charge < -0.3 is 14.5 Å². The third kappa shape index (κ3) is 4.68. The number of ether oxygens (including phenoxy) is 1. The summed E-state index contributed by atoms with van der Waals surface area (Å²) in [5, 5.41) is 3.25. The van der Waals surface area contributed by atoms with Gasteiger partial charge in [0.1, 0.15) is 18.1 Å². The fraction of sp³-hybridized carbons (Fsp3) is 0.0690. The number of aromatic nitrogens is 1. The van der Waals surface area contributed by atoms with Crippen molar-refractivity contribution in [2.24, 2.45) is 0 Å². The Balaban J connectivity index is 1.44. The monoisotopic (exact) mass is 462 g/mol. The van der Waals surface area contributed by atoms with E-state index in [1.54, 1.807) is 55.7 Å². The Morgan fingerprint density at radius 1 is 0.971 bits per heavy atom. The molecule has 0 saturated carbocycles. The van der Waals surface area contributed by atoms with Crippen LogP contribution in [0, 0.1) is 6.92 Å². The van der Waals surface area contributed by atoms with Crippen LogP contribution in [0.15, 0.2) is 107 Å². The van der Waals surface area contributed by atoms with E-state index in [0.29, 0.717) is 34.8 Å². The smallest absolute Gasteiger partial charge is 0.259 e. The van der Waals surface area contributed by atoms with Crippen molar-refractivity contribution >= 4 is 22.6 Å². The van der Waals surface area contributed by atoms with Crippen molar-refractivity contribution in [3.8, 4) is 17.1 Å². The Bertz CT molecular complexity index is 1560. The largest absolute Gasteiger partial charge is 0.489 e. The van der Waals surface area contributed by atoms with Gasteiger partial charge in [0.2, 0.25) is 0 Å². The number of nitrogens with one attached hydrogen (secondary N) is 1. The van der Waals surface area contributed by atoms with Crippen molar-refractivity contribution in [2.45, 2.75) is 13.5 Å². The summed E-state index contributed by atoms with van der Waals surface area (Å²) in [6.45, 7) is 2.10. The topological polar surface area (TPSA) is 81.4 Å². The van der Waals surface area contributed by atoms with Gasteiger partial charge in [0.15, 0.2) is 11.0 Å². The molecule has 0 saturated heterocycles. The van der Waals surface area contributed by atoms with Gasteiger partial charge in [-0.3, -0.25) is 14.6 Å². The third-order valence-corrected chi connectivity index (χ3v) is 5.65. The summed E-state index contributed by atoms with van der Waals surface area (Å²) in [6.07, 6.45) is 3.45. The SMILES string of the molecule is Cc1c(-c2ccccc2)oc2c(C(=O)Nc3cccc(OCc4cccnc4)c3)cccc2c1=O. The molecule has 0 unspecified atom stereocenters. The number of amides is 1. The van der Waals surface area contributed by atoms with Crippen LogP contribution in [-0.2, 0) is 6.61 Å². The number of anilines is 1. The second kappa shape index (κ2) is 9.65. The van der Waals surface area contributed by atoms with E-state index in [4.69, 9.17) is 9.15 Å². The van der Waals surface area contributed by atoms with E-state index in [1.165, 1.54) is 0 Å². The standard InChI is InChI=1S/C29H22N2O4/c1-19-26(32)24-13-6-14-25(28(24)35-27(19)21-9-3-2-4-10-21)29(33)31-22-11-5-12-23(16-22)34-18-20-8-7-15-30-17-20/h2-17H,18H2,1H3,(H,31,33). The highest BCUT2D eigenvalue weighted by atomic mass is 16.5. The fourth-order valence-electron chi connectivity index (χ4n) is 3.87. The summed E-state index contributed by atoms with van der Waals surface area (Å²) in [6, 6.07) is 25.3. The van der Waals surface area contributed by atoms with Crippen LogP contribution in [0.4, 0.5) is 5.69 Å². The van der Waals surface area contributed by atoms with Gasteiger partial charge in [0, 0.05) is 40.8 Å². The molecule has 35 heavy (non-hydrogen) atoms. The summed E-state index contributed by atoms with van der Waals surface area (Å²) < 4.78 is 12.0. The van der Waals surface area contributed by atoms with Crippen LogP contribution in [0.1, 0.15) is 21.5 Å². The van der Waals surface area contributed by atoms with Crippen LogP contribution >= 0.6 is 0 Å². The Labute approximate surface area is 201 Å². The molecule has 0 fully saturated rings. The average Bonchev–Trinajstić information content (AvgIpc) is 2.90. The molecule has 0 atom stereocenters. The highest BCUT2D eigenvalue weighted by Gasteiger charge is 2.18. The fourth-order valence-corrected chi connectivity index (χ4v) is 3.87. The normalized spacial score (nSPS) is 10.8.